The lowest BCUT2D eigenvalue weighted by atomic mass is 10.1. The maximum absolute atomic E-state index is 12.1. The van der Waals surface area contributed by atoms with Crippen molar-refractivity contribution in [1.29, 1.82) is 0 Å². The molecule has 1 aliphatic rings. The summed E-state index contributed by atoms with van der Waals surface area (Å²) in [5, 5.41) is 2.74. The van der Waals surface area contributed by atoms with Gasteiger partial charge in [-0.2, -0.15) is 0 Å². The van der Waals surface area contributed by atoms with Gasteiger partial charge in [0.15, 0.2) is 0 Å². The van der Waals surface area contributed by atoms with E-state index in [1.54, 1.807) is 57.0 Å². The fourth-order valence-electron chi connectivity index (χ4n) is 2.21. The molecule has 1 aliphatic heterocycles. The Kier molecular flexibility index (Phi) is 4.05. The van der Waals surface area contributed by atoms with Gasteiger partial charge in [-0.25, -0.2) is 4.99 Å². The van der Waals surface area contributed by atoms with Crippen molar-refractivity contribution < 1.29 is 14.3 Å². The highest BCUT2D eigenvalue weighted by Crippen LogP contribution is 2.27. The molecule has 1 amide bonds. The lowest BCUT2D eigenvalue weighted by Gasteiger charge is -2.07. The van der Waals surface area contributed by atoms with E-state index in [-0.39, 0.29) is 5.91 Å². The molecular weight excluding hydrogens is 294 g/mol. The molecule has 1 aromatic heterocycles. The third kappa shape index (κ3) is 3.06. The van der Waals surface area contributed by atoms with E-state index in [0.717, 1.165) is 5.56 Å². The first-order valence-electron chi connectivity index (χ1n) is 6.95. The van der Waals surface area contributed by atoms with Crippen LogP contribution in [0.2, 0.25) is 0 Å². The van der Waals surface area contributed by atoms with Crippen LogP contribution < -0.4 is 14.8 Å². The second-order valence-corrected chi connectivity index (χ2v) is 4.79. The molecule has 0 spiro atoms. The summed E-state index contributed by atoms with van der Waals surface area (Å²) in [6.07, 6.45) is 4.98. The highest BCUT2D eigenvalue weighted by molar-refractivity contribution is 6.19. The molecule has 2 aromatic rings. The van der Waals surface area contributed by atoms with E-state index in [1.807, 2.05) is 6.07 Å². The van der Waals surface area contributed by atoms with Crippen LogP contribution in [0.1, 0.15) is 11.1 Å². The average molecular weight is 309 g/mol. The molecule has 116 valence electrons. The van der Waals surface area contributed by atoms with Gasteiger partial charge in [-0.05, 0) is 36.4 Å². The van der Waals surface area contributed by atoms with Gasteiger partial charge >= 0.3 is 0 Å². The number of aromatic nitrogens is 1. The Bertz CT molecular complexity index is 798. The van der Waals surface area contributed by atoms with Gasteiger partial charge in [0.05, 0.1) is 14.2 Å². The first-order valence-corrected chi connectivity index (χ1v) is 6.95. The van der Waals surface area contributed by atoms with Gasteiger partial charge in [-0.1, -0.05) is 0 Å². The number of nitrogens with zero attached hydrogens (tertiary/aromatic N) is 2. The summed E-state index contributed by atoms with van der Waals surface area (Å²) >= 11 is 0. The first kappa shape index (κ1) is 14.8. The van der Waals surface area contributed by atoms with Crippen LogP contribution >= 0.6 is 0 Å². The quantitative estimate of drug-likeness (QED) is 0.877. The smallest absolute Gasteiger partial charge is 0.275 e. The number of ether oxygens (including phenoxy) is 2. The largest absolute Gasteiger partial charge is 0.497 e. The number of rotatable bonds is 4. The van der Waals surface area contributed by atoms with Gasteiger partial charge in [-0.15, -0.1) is 0 Å². The zero-order valence-electron chi connectivity index (χ0n) is 12.7. The molecule has 0 aliphatic carbocycles. The molecule has 0 saturated heterocycles. The fourth-order valence-corrected chi connectivity index (χ4v) is 2.21. The van der Waals surface area contributed by atoms with Gasteiger partial charge in [-0.3, -0.25) is 9.78 Å². The monoisotopic (exact) mass is 309 g/mol. The minimum absolute atomic E-state index is 0.270. The van der Waals surface area contributed by atoms with Gasteiger partial charge in [0, 0.05) is 23.5 Å². The standard InChI is InChI=1S/C17H15N3O3/c1-22-13-5-6-15(23-2)12(8-13)9-14-17(21)20-16(19-14)11-4-3-7-18-10-11/h3-10H,1-2H3,(H,19,20,21)/b14-9-. The SMILES string of the molecule is COc1ccc(OC)c(/C=C2\N=C(c3cccnc3)NC2=O)c1. The first-order chi connectivity index (χ1) is 11.2. The number of hydrogen-bond donors (Lipinski definition) is 1. The minimum Gasteiger partial charge on any atom is -0.497 e. The second kappa shape index (κ2) is 6.31. The van der Waals surface area contributed by atoms with Crippen molar-refractivity contribution in [3.05, 3.63) is 59.5 Å². The zero-order valence-corrected chi connectivity index (χ0v) is 12.7. The number of benzene rings is 1. The summed E-state index contributed by atoms with van der Waals surface area (Å²) in [5.41, 5.74) is 1.77. The van der Waals surface area contributed by atoms with Crippen molar-refractivity contribution in [2.45, 2.75) is 0 Å². The van der Waals surface area contributed by atoms with Crippen molar-refractivity contribution in [2.75, 3.05) is 14.2 Å². The number of carbonyl (C=O) groups is 1. The van der Waals surface area contributed by atoms with Crippen LogP contribution in [-0.2, 0) is 4.79 Å². The van der Waals surface area contributed by atoms with Crippen molar-refractivity contribution in [3.8, 4) is 11.5 Å². The van der Waals surface area contributed by atoms with E-state index in [0.29, 0.717) is 28.6 Å². The molecule has 0 saturated carbocycles. The maximum atomic E-state index is 12.1. The van der Waals surface area contributed by atoms with Gasteiger partial charge in [0.2, 0.25) is 0 Å². The van der Waals surface area contributed by atoms with Gasteiger partial charge < -0.3 is 14.8 Å². The molecule has 0 atom stereocenters. The molecule has 0 fully saturated rings. The number of methoxy groups -OCH3 is 2. The van der Waals surface area contributed by atoms with E-state index < -0.39 is 0 Å². The molecule has 0 bridgehead atoms. The minimum atomic E-state index is -0.270. The number of amidine groups is 1. The average Bonchev–Trinajstić information content (AvgIpc) is 2.96. The molecule has 0 radical (unpaired) electrons. The van der Waals surface area contributed by atoms with Crippen molar-refractivity contribution >= 4 is 17.8 Å². The van der Waals surface area contributed by atoms with Crippen molar-refractivity contribution in [1.82, 2.24) is 10.3 Å². The highest BCUT2D eigenvalue weighted by Gasteiger charge is 2.21. The lowest BCUT2D eigenvalue weighted by molar-refractivity contribution is -0.115. The third-order valence-corrected chi connectivity index (χ3v) is 3.36. The Hall–Kier alpha value is -3.15. The Labute approximate surface area is 133 Å². The van der Waals surface area contributed by atoms with E-state index in [1.165, 1.54) is 0 Å². The molecule has 1 aromatic carbocycles. The number of amides is 1. The Morgan fingerprint density at radius 3 is 2.74 bits per heavy atom. The number of aliphatic imine (C=N–C) groups is 1. The van der Waals surface area contributed by atoms with Crippen LogP contribution in [-0.4, -0.2) is 30.9 Å². The van der Waals surface area contributed by atoms with Crippen LogP contribution in [0.25, 0.3) is 6.08 Å². The normalized spacial score (nSPS) is 15.3. The van der Waals surface area contributed by atoms with Crippen LogP contribution in [0, 0.1) is 0 Å². The summed E-state index contributed by atoms with van der Waals surface area (Å²) < 4.78 is 10.5. The molecule has 1 N–H and O–H groups in total. The van der Waals surface area contributed by atoms with E-state index >= 15 is 0 Å². The van der Waals surface area contributed by atoms with Crippen LogP contribution in [0.15, 0.2) is 53.4 Å². The molecule has 3 rings (SSSR count). The molecule has 2 heterocycles. The Balaban J connectivity index is 1.99. The predicted molar refractivity (Wildman–Crippen MR) is 86.4 cm³/mol. The van der Waals surface area contributed by atoms with Crippen molar-refractivity contribution in [3.63, 3.8) is 0 Å². The molecule has 0 unspecified atom stereocenters. The fraction of sp³-hybridized carbons (Fsp3) is 0.118. The number of carbonyl (C=O) groups excluding carboxylic acids is 1. The molecule has 23 heavy (non-hydrogen) atoms. The summed E-state index contributed by atoms with van der Waals surface area (Å²) in [6.45, 7) is 0. The summed E-state index contributed by atoms with van der Waals surface area (Å²) in [7, 11) is 3.16. The van der Waals surface area contributed by atoms with E-state index in [2.05, 4.69) is 15.3 Å². The highest BCUT2D eigenvalue weighted by atomic mass is 16.5. The second-order valence-electron chi connectivity index (χ2n) is 4.79. The third-order valence-electron chi connectivity index (χ3n) is 3.36. The number of hydrogen-bond acceptors (Lipinski definition) is 5. The number of pyridine rings is 1. The summed E-state index contributed by atoms with van der Waals surface area (Å²) in [6, 6.07) is 8.98. The van der Waals surface area contributed by atoms with Crippen LogP contribution in [0.4, 0.5) is 0 Å². The summed E-state index contributed by atoms with van der Waals surface area (Å²) in [4.78, 5) is 20.5. The van der Waals surface area contributed by atoms with Gasteiger partial charge in [0.1, 0.15) is 23.0 Å². The van der Waals surface area contributed by atoms with Gasteiger partial charge in [0.25, 0.3) is 5.91 Å². The topological polar surface area (TPSA) is 72.8 Å². The zero-order chi connectivity index (χ0) is 16.2. The molecule has 6 heteroatoms. The Morgan fingerprint density at radius 1 is 1.17 bits per heavy atom. The lowest BCUT2D eigenvalue weighted by Crippen LogP contribution is -2.24. The van der Waals surface area contributed by atoms with Crippen LogP contribution in [0.5, 0.6) is 11.5 Å². The number of nitrogens with one attached hydrogen (secondary N) is 1. The predicted octanol–water partition coefficient (Wildman–Crippen LogP) is 2.02. The van der Waals surface area contributed by atoms with Crippen molar-refractivity contribution in [2.24, 2.45) is 4.99 Å². The summed E-state index contributed by atoms with van der Waals surface area (Å²) in [5.74, 6) is 1.52. The van der Waals surface area contributed by atoms with E-state index in [4.69, 9.17) is 9.47 Å². The maximum Gasteiger partial charge on any atom is 0.275 e. The molecular formula is C17H15N3O3. The molecule has 6 nitrogen and oxygen atoms in total. The Morgan fingerprint density at radius 2 is 2.04 bits per heavy atom. The van der Waals surface area contributed by atoms with Crippen LogP contribution in [0.3, 0.4) is 0 Å². The van der Waals surface area contributed by atoms with E-state index in [9.17, 15) is 4.79 Å².